The third-order valence-electron chi connectivity index (χ3n) is 3.57. The molecule has 1 aliphatic carbocycles. The Labute approximate surface area is 68.1 Å². The van der Waals surface area contributed by atoms with E-state index < -0.39 is 0 Å². The van der Waals surface area contributed by atoms with Gasteiger partial charge in [0.25, 0.3) is 0 Å². The minimum atomic E-state index is 0.344. The molecule has 0 aromatic heterocycles. The maximum atomic E-state index is 5.59. The summed E-state index contributed by atoms with van der Waals surface area (Å²) in [5.41, 5.74) is 6.58. The van der Waals surface area contributed by atoms with Crippen LogP contribution in [0.4, 0.5) is 0 Å². The Morgan fingerprint density at radius 2 is 2.18 bits per heavy atom. The van der Waals surface area contributed by atoms with Crippen LogP contribution in [-0.4, -0.2) is 19.3 Å². The van der Waals surface area contributed by atoms with Gasteiger partial charge < -0.3 is 10.5 Å². The summed E-state index contributed by atoms with van der Waals surface area (Å²) in [5.74, 6) is 0. The van der Waals surface area contributed by atoms with Gasteiger partial charge in [-0.05, 0) is 18.3 Å². The second kappa shape index (κ2) is 1.99. The molecule has 2 heteroatoms. The van der Waals surface area contributed by atoms with E-state index in [2.05, 4.69) is 13.8 Å². The monoisotopic (exact) mass is 155 g/mol. The maximum Gasteiger partial charge on any atom is 0.0703 e. The molecule has 64 valence electrons. The Morgan fingerprint density at radius 3 is 2.45 bits per heavy atom. The molecular weight excluding hydrogens is 138 g/mol. The van der Waals surface area contributed by atoms with Gasteiger partial charge in [0.05, 0.1) is 12.7 Å². The van der Waals surface area contributed by atoms with Gasteiger partial charge in [0.15, 0.2) is 0 Å². The lowest BCUT2D eigenvalue weighted by Crippen LogP contribution is -2.19. The van der Waals surface area contributed by atoms with E-state index in [1.54, 1.807) is 0 Å². The number of rotatable bonds is 1. The minimum absolute atomic E-state index is 0.344. The van der Waals surface area contributed by atoms with E-state index in [1.807, 2.05) is 0 Å². The van der Waals surface area contributed by atoms with Crippen molar-refractivity contribution in [1.29, 1.82) is 0 Å². The third kappa shape index (κ3) is 0.926. The summed E-state index contributed by atoms with van der Waals surface area (Å²) in [6.45, 7) is 6.30. The van der Waals surface area contributed by atoms with Crippen molar-refractivity contribution >= 4 is 0 Å². The van der Waals surface area contributed by atoms with Crippen molar-refractivity contribution in [2.24, 2.45) is 16.6 Å². The second-order valence-electron chi connectivity index (χ2n) is 4.71. The second-order valence-corrected chi connectivity index (χ2v) is 4.71. The van der Waals surface area contributed by atoms with E-state index >= 15 is 0 Å². The predicted molar refractivity (Wildman–Crippen MR) is 44.2 cm³/mol. The molecule has 0 aromatic carbocycles. The molecule has 2 atom stereocenters. The van der Waals surface area contributed by atoms with Crippen LogP contribution in [0.2, 0.25) is 0 Å². The van der Waals surface area contributed by atoms with Crippen molar-refractivity contribution in [2.75, 3.05) is 13.2 Å². The third-order valence-corrected chi connectivity index (χ3v) is 3.57. The Kier molecular flexibility index (Phi) is 1.37. The fraction of sp³-hybridized carbons (Fsp3) is 1.00. The molecule has 1 saturated carbocycles. The molecule has 2 fully saturated rings. The highest BCUT2D eigenvalue weighted by Crippen LogP contribution is 2.68. The highest BCUT2D eigenvalue weighted by molar-refractivity contribution is 5.12. The Balaban J connectivity index is 2.01. The Morgan fingerprint density at radius 1 is 1.55 bits per heavy atom. The molecular formula is C9H17NO. The van der Waals surface area contributed by atoms with Gasteiger partial charge in [-0.2, -0.15) is 0 Å². The predicted octanol–water partition coefficient (Wildman–Crippen LogP) is 1.15. The summed E-state index contributed by atoms with van der Waals surface area (Å²) < 4.78 is 5.59. The fourth-order valence-electron chi connectivity index (χ4n) is 2.38. The lowest BCUT2D eigenvalue weighted by Gasteiger charge is -2.09. The van der Waals surface area contributed by atoms with E-state index in [1.165, 1.54) is 12.8 Å². The van der Waals surface area contributed by atoms with E-state index in [0.29, 0.717) is 23.5 Å². The molecule has 2 unspecified atom stereocenters. The van der Waals surface area contributed by atoms with Gasteiger partial charge in [0.2, 0.25) is 0 Å². The van der Waals surface area contributed by atoms with Gasteiger partial charge in [-0.25, -0.2) is 0 Å². The first-order valence-electron chi connectivity index (χ1n) is 4.41. The van der Waals surface area contributed by atoms with Crippen LogP contribution in [0.1, 0.15) is 26.7 Å². The lowest BCUT2D eigenvalue weighted by atomic mass is 9.93. The zero-order valence-corrected chi connectivity index (χ0v) is 7.39. The van der Waals surface area contributed by atoms with Crippen LogP contribution in [-0.2, 0) is 4.74 Å². The molecule has 2 nitrogen and oxygen atoms in total. The molecule has 0 radical (unpaired) electrons. The smallest absolute Gasteiger partial charge is 0.0703 e. The molecule has 2 N–H and O–H groups in total. The van der Waals surface area contributed by atoms with Crippen LogP contribution in [0, 0.1) is 10.8 Å². The van der Waals surface area contributed by atoms with Gasteiger partial charge in [0.1, 0.15) is 0 Å². The summed E-state index contributed by atoms with van der Waals surface area (Å²) >= 11 is 0. The topological polar surface area (TPSA) is 35.2 Å². The van der Waals surface area contributed by atoms with Crippen molar-refractivity contribution in [3.05, 3.63) is 0 Å². The first-order valence-corrected chi connectivity index (χ1v) is 4.41. The molecule has 1 aliphatic heterocycles. The molecule has 0 amide bonds. The van der Waals surface area contributed by atoms with Crippen LogP contribution in [0.5, 0.6) is 0 Å². The number of hydrogen-bond acceptors (Lipinski definition) is 2. The molecule has 11 heavy (non-hydrogen) atoms. The Bertz CT molecular complexity index is 178. The minimum Gasteiger partial charge on any atom is -0.376 e. The van der Waals surface area contributed by atoms with Gasteiger partial charge in [-0.3, -0.25) is 0 Å². The Hall–Kier alpha value is -0.0800. The van der Waals surface area contributed by atoms with Crippen LogP contribution >= 0.6 is 0 Å². The van der Waals surface area contributed by atoms with Crippen LogP contribution < -0.4 is 5.73 Å². The van der Waals surface area contributed by atoms with E-state index in [9.17, 15) is 0 Å². The number of nitrogens with two attached hydrogens (primary N) is 1. The van der Waals surface area contributed by atoms with Gasteiger partial charge in [-0.1, -0.05) is 13.8 Å². The van der Waals surface area contributed by atoms with Crippen molar-refractivity contribution in [3.63, 3.8) is 0 Å². The molecule has 1 heterocycles. The summed E-state index contributed by atoms with van der Waals surface area (Å²) in [4.78, 5) is 0. The molecule has 0 bridgehead atoms. The van der Waals surface area contributed by atoms with Crippen molar-refractivity contribution < 1.29 is 4.74 Å². The zero-order chi connectivity index (χ0) is 8.11. The lowest BCUT2D eigenvalue weighted by molar-refractivity contribution is 0.108. The average Bonchev–Trinajstić information content (AvgIpc) is 2.35. The largest absolute Gasteiger partial charge is 0.376 e. The highest BCUT2D eigenvalue weighted by Gasteiger charge is 2.64. The molecule has 1 saturated heterocycles. The highest BCUT2D eigenvalue weighted by atomic mass is 16.5. The number of hydrogen-bond donors (Lipinski definition) is 1. The van der Waals surface area contributed by atoms with Crippen molar-refractivity contribution in [3.8, 4) is 0 Å². The van der Waals surface area contributed by atoms with Crippen LogP contribution in [0.25, 0.3) is 0 Å². The van der Waals surface area contributed by atoms with Gasteiger partial charge in [0, 0.05) is 12.0 Å². The van der Waals surface area contributed by atoms with Crippen molar-refractivity contribution in [2.45, 2.75) is 32.8 Å². The van der Waals surface area contributed by atoms with Gasteiger partial charge >= 0.3 is 0 Å². The van der Waals surface area contributed by atoms with Gasteiger partial charge in [-0.15, -0.1) is 0 Å². The SMILES string of the molecule is CC1(C)CC12COC(CN)C2. The first kappa shape index (κ1) is 7.56. The zero-order valence-electron chi connectivity index (χ0n) is 7.39. The average molecular weight is 155 g/mol. The van der Waals surface area contributed by atoms with Crippen LogP contribution in [0.3, 0.4) is 0 Å². The number of ether oxygens (including phenoxy) is 1. The normalized spacial score (nSPS) is 46.6. The van der Waals surface area contributed by atoms with E-state index in [4.69, 9.17) is 10.5 Å². The van der Waals surface area contributed by atoms with Crippen LogP contribution in [0.15, 0.2) is 0 Å². The molecule has 0 aromatic rings. The first-order chi connectivity index (χ1) is 5.10. The standard InChI is InChI=1S/C9H17NO/c1-8(2)5-9(8)3-7(4-10)11-6-9/h7H,3-6,10H2,1-2H3. The summed E-state index contributed by atoms with van der Waals surface area (Å²) in [6.07, 6.45) is 2.87. The van der Waals surface area contributed by atoms with E-state index in [0.717, 1.165) is 6.61 Å². The maximum absolute atomic E-state index is 5.59. The molecule has 2 rings (SSSR count). The molecule has 1 spiro atoms. The van der Waals surface area contributed by atoms with Crippen molar-refractivity contribution in [1.82, 2.24) is 0 Å². The summed E-state index contributed by atoms with van der Waals surface area (Å²) in [7, 11) is 0. The summed E-state index contributed by atoms with van der Waals surface area (Å²) in [5, 5.41) is 0. The quantitative estimate of drug-likeness (QED) is 0.616. The summed E-state index contributed by atoms with van der Waals surface area (Å²) in [6, 6.07) is 0. The molecule has 2 aliphatic rings. The fourth-order valence-corrected chi connectivity index (χ4v) is 2.38. The van der Waals surface area contributed by atoms with E-state index in [-0.39, 0.29) is 0 Å².